The quantitative estimate of drug-likeness (QED) is 0.845. The van der Waals surface area contributed by atoms with Crippen LogP contribution in [-0.4, -0.2) is 23.0 Å². The number of alkyl carbamates (subject to hydrolysis) is 1. The van der Waals surface area contributed by atoms with Crippen molar-refractivity contribution in [1.29, 1.82) is 0 Å². The molecular formula is C19H23N3O3. The maximum Gasteiger partial charge on any atom is 0.408 e. The zero-order valence-corrected chi connectivity index (χ0v) is 14.7. The lowest BCUT2D eigenvalue weighted by Gasteiger charge is -2.21. The van der Waals surface area contributed by atoms with Crippen LogP contribution in [0.15, 0.2) is 48.7 Å². The van der Waals surface area contributed by atoms with Gasteiger partial charge in [-0.2, -0.15) is 0 Å². The van der Waals surface area contributed by atoms with Gasteiger partial charge in [0.25, 0.3) is 0 Å². The summed E-state index contributed by atoms with van der Waals surface area (Å²) in [6.45, 7) is 5.77. The minimum atomic E-state index is -0.717. The number of hydrogen-bond donors (Lipinski definition) is 2. The van der Waals surface area contributed by atoms with Gasteiger partial charge < -0.3 is 15.4 Å². The number of ether oxygens (including phenoxy) is 1. The van der Waals surface area contributed by atoms with Gasteiger partial charge in [-0.1, -0.05) is 44.2 Å². The van der Waals surface area contributed by atoms with Crippen LogP contribution in [0.5, 0.6) is 0 Å². The van der Waals surface area contributed by atoms with Gasteiger partial charge in [-0.15, -0.1) is 0 Å². The Morgan fingerprint density at radius 2 is 1.88 bits per heavy atom. The zero-order valence-electron chi connectivity index (χ0n) is 14.7. The van der Waals surface area contributed by atoms with E-state index in [2.05, 4.69) is 15.6 Å². The minimum Gasteiger partial charge on any atom is -0.445 e. The van der Waals surface area contributed by atoms with Gasteiger partial charge in [0.2, 0.25) is 5.91 Å². The standard InChI is InChI=1S/C19H23N3O3/c1-13(2)17(18(23)21-16-11-14(3)9-10-20-16)22-19(24)25-12-15-7-5-4-6-8-15/h4-11,13,17H,12H2,1-3H3,(H,22,24)(H,20,21,23)/t17-/m1/s1. The summed E-state index contributed by atoms with van der Waals surface area (Å²) in [5.41, 5.74) is 1.87. The molecule has 0 unspecified atom stereocenters. The number of aromatic nitrogens is 1. The topological polar surface area (TPSA) is 80.3 Å². The normalized spacial score (nSPS) is 11.7. The van der Waals surface area contributed by atoms with Crippen LogP contribution in [0.4, 0.5) is 10.6 Å². The van der Waals surface area contributed by atoms with Gasteiger partial charge in [0.05, 0.1) is 0 Å². The number of rotatable bonds is 6. The van der Waals surface area contributed by atoms with E-state index in [-0.39, 0.29) is 18.4 Å². The highest BCUT2D eigenvalue weighted by Gasteiger charge is 2.25. The predicted molar refractivity (Wildman–Crippen MR) is 96.0 cm³/mol. The summed E-state index contributed by atoms with van der Waals surface area (Å²) in [7, 11) is 0. The molecule has 0 radical (unpaired) electrons. The van der Waals surface area contributed by atoms with Crippen molar-refractivity contribution in [3.63, 3.8) is 0 Å². The Hall–Kier alpha value is -2.89. The molecule has 25 heavy (non-hydrogen) atoms. The van der Waals surface area contributed by atoms with Gasteiger partial charge in [-0.25, -0.2) is 9.78 Å². The SMILES string of the molecule is Cc1ccnc(NC(=O)[C@H](NC(=O)OCc2ccccc2)C(C)C)c1. The molecule has 0 aliphatic rings. The summed E-state index contributed by atoms with van der Waals surface area (Å²) in [6.07, 6.45) is 0.992. The number of amides is 2. The van der Waals surface area contributed by atoms with Crippen molar-refractivity contribution >= 4 is 17.8 Å². The third-order valence-electron chi connectivity index (χ3n) is 3.60. The number of anilines is 1. The molecule has 2 rings (SSSR count). The Balaban J connectivity index is 1.92. The van der Waals surface area contributed by atoms with Crippen molar-refractivity contribution in [1.82, 2.24) is 10.3 Å². The van der Waals surface area contributed by atoms with Crippen molar-refractivity contribution in [3.05, 3.63) is 59.8 Å². The first-order valence-corrected chi connectivity index (χ1v) is 8.16. The highest BCUT2D eigenvalue weighted by atomic mass is 16.5. The summed E-state index contributed by atoms with van der Waals surface area (Å²) in [5.74, 6) is 0.0222. The van der Waals surface area contributed by atoms with Crippen molar-refractivity contribution in [3.8, 4) is 0 Å². The molecule has 6 nitrogen and oxygen atoms in total. The average molecular weight is 341 g/mol. The first kappa shape index (κ1) is 18.4. The molecule has 0 aliphatic carbocycles. The maximum atomic E-state index is 12.5. The predicted octanol–water partition coefficient (Wildman–Crippen LogP) is 3.28. The molecule has 2 aromatic rings. The summed E-state index contributed by atoms with van der Waals surface area (Å²) >= 11 is 0. The Morgan fingerprint density at radius 3 is 2.52 bits per heavy atom. The van der Waals surface area contributed by atoms with E-state index in [9.17, 15) is 9.59 Å². The molecule has 132 valence electrons. The Morgan fingerprint density at radius 1 is 1.16 bits per heavy atom. The van der Waals surface area contributed by atoms with Gasteiger partial charge in [0, 0.05) is 6.20 Å². The van der Waals surface area contributed by atoms with E-state index in [1.165, 1.54) is 0 Å². The van der Waals surface area contributed by atoms with Crippen molar-refractivity contribution in [2.75, 3.05) is 5.32 Å². The third kappa shape index (κ3) is 5.91. The number of nitrogens with one attached hydrogen (secondary N) is 2. The first-order valence-electron chi connectivity index (χ1n) is 8.16. The summed E-state index contributed by atoms with van der Waals surface area (Å²) in [5, 5.41) is 5.34. The van der Waals surface area contributed by atoms with Crippen LogP contribution in [0, 0.1) is 12.8 Å². The molecule has 0 saturated heterocycles. The highest BCUT2D eigenvalue weighted by Crippen LogP contribution is 2.09. The van der Waals surface area contributed by atoms with E-state index in [0.717, 1.165) is 11.1 Å². The fourth-order valence-electron chi connectivity index (χ4n) is 2.24. The first-order chi connectivity index (χ1) is 12.0. The second-order valence-corrected chi connectivity index (χ2v) is 6.14. The lowest BCUT2D eigenvalue weighted by molar-refractivity contribution is -0.119. The summed E-state index contributed by atoms with van der Waals surface area (Å²) < 4.78 is 5.18. The van der Waals surface area contributed by atoms with Crippen LogP contribution in [-0.2, 0) is 16.1 Å². The smallest absolute Gasteiger partial charge is 0.408 e. The number of pyridine rings is 1. The number of carbonyl (C=O) groups excluding carboxylic acids is 2. The molecule has 0 spiro atoms. The number of nitrogens with zero attached hydrogens (tertiary/aromatic N) is 1. The van der Waals surface area contributed by atoms with Gasteiger partial charge in [0.15, 0.2) is 0 Å². The molecule has 2 N–H and O–H groups in total. The van der Waals surface area contributed by atoms with Crippen LogP contribution < -0.4 is 10.6 Å². The number of benzene rings is 1. The molecule has 2 amide bonds. The van der Waals surface area contributed by atoms with E-state index in [1.807, 2.05) is 57.2 Å². The molecule has 0 saturated carbocycles. The summed E-state index contributed by atoms with van der Waals surface area (Å²) in [6, 6.07) is 12.3. The molecule has 1 heterocycles. The fourth-order valence-corrected chi connectivity index (χ4v) is 2.24. The van der Waals surface area contributed by atoms with E-state index < -0.39 is 12.1 Å². The van der Waals surface area contributed by atoms with Gasteiger partial charge in [0.1, 0.15) is 18.5 Å². The van der Waals surface area contributed by atoms with Crippen LogP contribution >= 0.6 is 0 Å². The highest BCUT2D eigenvalue weighted by molar-refractivity contribution is 5.96. The van der Waals surface area contributed by atoms with E-state index in [0.29, 0.717) is 5.82 Å². The van der Waals surface area contributed by atoms with Crippen molar-refractivity contribution in [2.24, 2.45) is 5.92 Å². The fraction of sp³-hybridized carbons (Fsp3) is 0.316. The van der Waals surface area contributed by atoms with Crippen LogP contribution in [0.3, 0.4) is 0 Å². The summed E-state index contributed by atoms with van der Waals surface area (Å²) in [4.78, 5) is 28.6. The molecule has 0 aliphatic heterocycles. The van der Waals surface area contributed by atoms with E-state index >= 15 is 0 Å². The molecule has 0 fully saturated rings. The molecule has 1 aromatic heterocycles. The Bertz CT molecular complexity index is 717. The minimum absolute atomic E-state index is 0.103. The molecule has 1 atom stereocenters. The molecular weight excluding hydrogens is 318 g/mol. The zero-order chi connectivity index (χ0) is 18.2. The van der Waals surface area contributed by atoms with E-state index in [1.54, 1.807) is 12.3 Å². The van der Waals surface area contributed by atoms with Gasteiger partial charge in [-0.05, 0) is 36.1 Å². The van der Waals surface area contributed by atoms with Gasteiger partial charge >= 0.3 is 6.09 Å². The lowest BCUT2D eigenvalue weighted by Crippen LogP contribution is -2.47. The number of hydrogen-bond acceptors (Lipinski definition) is 4. The Kier molecular flexibility index (Phi) is 6.51. The monoisotopic (exact) mass is 341 g/mol. The third-order valence-corrected chi connectivity index (χ3v) is 3.60. The second kappa shape index (κ2) is 8.82. The van der Waals surface area contributed by atoms with Crippen LogP contribution in [0.1, 0.15) is 25.0 Å². The molecule has 6 heteroatoms. The number of carbonyl (C=O) groups is 2. The average Bonchev–Trinajstić information content (AvgIpc) is 2.58. The maximum absolute atomic E-state index is 12.5. The van der Waals surface area contributed by atoms with Crippen molar-refractivity contribution < 1.29 is 14.3 Å². The van der Waals surface area contributed by atoms with Crippen LogP contribution in [0.2, 0.25) is 0 Å². The number of aryl methyl sites for hydroxylation is 1. The lowest BCUT2D eigenvalue weighted by atomic mass is 10.0. The Labute approximate surface area is 147 Å². The van der Waals surface area contributed by atoms with Crippen molar-refractivity contribution in [2.45, 2.75) is 33.4 Å². The van der Waals surface area contributed by atoms with E-state index in [4.69, 9.17) is 4.74 Å². The largest absolute Gasteiger partial charge is 0.445 e. The van der Waals surface area contributed by atoms with Crippen LogP contribution in [0.25, 0.3) is 0 Å². The second-order valence-electron chi connectivity index (χ2n) is 6.14. The molecule has 0 bridgehead atoms. The van der Waals surface area contributed by atoms with Gasteiger partial charge in [-0.3, -0.25) is 4.79 Å². The molecule has 1 aromatic carbocycles.